The van der Waals surface area contributed by atoms with Crippen LogP contribution in [0.2, 0.25) is 0 Å². The fraction of sp³-hybridized carbons (Fsp3) is 1.00. The van der Waals surface area contributed by atoms with Crippen LogP contribution in [0.3, 0.4) is 0 Å². The Labute approximate surface area is 93.0 Å². The number of rotatable bonds is 5. The van der Waals surface area contributed by atoms with E-state index < -0.39 is 0 Å². The van der Waals surface area contributed by atoms with Gasteiger partial charge in [-0.15, -0.1) is 0 Å². The summed E-state index contributed by atoms with van der Waals surface area (Å²) in [5.41, 5.74) is 6.01. The van der Waals surface area contributed by atoms with Crippen molar-refractivity contribution in [2.24, 2.45) is 5.73 Å². The van der Waals surface area contributed by atoms with Gasteiger partial charge in [0.2, 0.25) is 0 Å². The predicted octanol–water partition coefficient (Wildman–Crippen LogP) is -0.278. The molecule has 0 amide bonds. The molecule has 0 bridgehead atoms. The first kappa shape index (κ1) is 12.9. The summed E-state index contributed by atoms with van der Waals surface area (Å²) in [6.45, 7) is 9.84. The fourth-order valence-electron chi connectivity index (χ4n) is 2.20. The molecule has 1 aliphatic rings. The first-order valence-corrected chi connectivity index (χ1v) is 6.05. The zero-order valence-corrected chi connectivity index (χ0v) is 10.0. The van der Waals surface area contributed by atoms with E-state index in [2.05, 4.69) is 23.6 Å². The second kappa shape index (κ2) is 6.43. The molecule has 1 fully saturated rings. The van der Waals surface area contributed by atoms with Crippen LogP contribution in [0.15, 0.2) is 0 Å². The lowest BCUT2D eigenvalue weighted by Gasteiger charge is -2.40. The van der Waals surface area contributed by atoms with E-state index in [1.165, 1.54) is 0 Å². The number of piperazine rings is 1. The normalized spacial score (nSPS) is 24.0. The molecule has 4 nitrogen and oxygen atoms in total. The third-order valence-corrected chi connectivity index (χ3v) is 3.48. The maximum absolute atomic E-state index is 9.37. The van der Waals surface area contributed by atoms with E-state index in [1.807, 2.05) is 0 Å². The van der Waals surface area contributed by atoms with Gasteiger partial charge < -0.3 is 15.7 Å². The van der Waals surface area contributed by atoms with Gasteiger partial charge in [0.1, 0.15) is 0 Å². The van der Waals surface area contributed by atoms with Gasteiger partial charge in [0.25, 0.3) is 0 Å². The maximum Gasteiger partial charge on any atom is 0.0601 e. The molecule has 0 aromatic rings. The van der Waals surface area contributed by atoms with Crippen LogP contribution in [0.4, 0.5) is 0 Å². The second-order valence-electron chi connectivity index (χ2n) is 4.29. The summed E-state index contributed by atoms with van der Waals surface area (Å²) in [7, 11) is 0. The molecule has 1 saturated heterocycles. The Bertz CT molecular complexity index is 169. The van der Waals surface area contributed by atoms with Crippen LogP contribution >= 0.6 is 0 Å². The van der Waals surface area contributed by atoms with Crippen LogP contribution < -0.4 is 5.73 Å². The van der Waals surface area contributed by atoms with Gasteiger partial charge in [-0.25, -0.2) is 0 Å². The van der Waals surface area contributed by atoms with Gasteiger partial charge >= 0.3 is 0 Å². The molecule has 0 aromatic carbocycles. The van der Waals surface area contributed by atoms with Gasteiger partial charge in [-0.05, 0) is 13.0 Å². The third kappa shape index (κ3) is 3.41. The van der Waals surface area contributed by atoms with E-state index in [4.69, 9.17) is 5.73 Å². The van der Waals surface area contributed by atoms with Gasteiger partial charge in [-0.3, -0.25) is 4.90 Å². The quantitative estimate of drug-likeness (QED) is 0.662. The topological polar surface area (TPSA) is 52.7 Å². The highest BCUT2D eigenvalue weighted by molar-refractivity contribution is 4.84. The molecule has 2 atom stereocenters. The highest BCUT2D eigenvalue weighted by Crippen LogP contribution is 2.10. The van der Waals surface area contributed by atoms with Crippen molar-refractivity contribution >= 4 is 0 Å². The highest BCUT2D eigenvalue weighted by atomic mass is 16.3. The molecule has 1 aliphatic heterocycles. The zero-order chi connectivity index (χ0) is 11.3. The molecule has 1 heterocycles. The van der Waals surface area contributed by atoms with Crippen molar-refractivity contribution in [2.75, 3.05) is 39.3 Å². The van der Waals surface area contributed by atoms with Crippen LogP contribution in [-0.2, 0) is 0 Å². The van der Waals surface area contributed by atoms with Crippen molar-refractivity contribution in [3.63, 3.8) is 0 Å². The summed E-state index contributed by atoms with van der Waals surface area (Å²) in [6.07, 6.45) is 0.930. The Morgan fingerprint density at radius 2 is 1.80 bits per heavy atom. The van der Waals surface area contributed by atoms with E-state index in [1.54, 1.807) is 0 Å². The number of aliphatic hydroxyl groups is 1. The van der Waals surface area contributed by atoms with Crippen molar-refractivity contribution in [1.82, 2.24) is 9.80 Å². The third-order valence-electron chi connectivity index (χ3n) is 3.48. The van der Waals surface area contributed by atoms with Crippen molar-refractivity contribution in [2.45, 2.75) is 32.4 Å². The first-order valence-electron chi connectivity index (χ1n) is 6.05. The van der Waals surface area contributed by atoms with Crippen LogP contribution in [0, 0.1) is 0 Å². The number of hydrogen-bond acceptors (Lipinski definition) is 4. The van der Waals surface area contributed by atoms with Crippen molar-refractivity contribution in [3.8, 4) is 0 Å². The summed E-state index contributed by atoms with van der Waals surface area (Å²) in [5.74, 6) is 0. The van der Waals surface area contributed by atoms with Gasteiger partial charge in [-0.2, -0.15) is 0 Å². The van der Waals surface area contributed by atoms with E-state index in [0.29, 0.717) is 0 Å². The molecule has 3 N–H and O–H groups in total. The number of hydrogen-bond donors (Lipinski definition) is 2. The summed E-state index contributed by atoms with van der Waals surface area (Å²) in [5, 5.41) is 9.37. The van der Waals surface area contributed by atoms with E-state index in [-0.39, 0.29) is 18.7 Å². The Morgan fingerprint density at radius 3 is 2.20 bits per heavy atom. The van der Waals surface area contributed by atoms with Gasteiger partial charge in [0, 0.05) is 38.3 Å². The number of aliphatic hydroxyl groups excluding tert-OH is 1. The standard InChI is InChI=1S/C11H25N3O/c1-3-10(12)11(9-15)14-7-5-13(4-2)6-8-14/h10-11,15H,3-9,12H2,1-2H3. The molecule has 0 aliphatic carbocycles. The van der Waals surface area contributed by atoms with Gasteiger partial charge in [-0.1, -0.05) is 13.8 Å². The number of likely N-dealkylation sites (N-methyl/N-ethyl adjacent to an activating group) is 1. The molecule has 1 rings (SSSR count). The van der Waals surface area contributed by atoms with Gasteiger partial charge in [0.05, 0.1) is 6.61 Å². The molecule has 0 aromatic heterocycles. The molecule has 90 valence electrons. The average Bonchev–Trinajstić information content (AvgIpc) is 2.30. The van der Waals surface area contributed by atoms with Crippen molar-refractivity contribution in [1.29, 1.82) is 0 Å². The zero-order valence-electron chi connectivity index (χ0n) is 10.0. The Morgan fingerprint density at radius 1 is 1.20 bits per heavy atom. The largest absolute Gasteiger partial charge is 0.395 e. The van der Waals surface area contributed by atoms with Crippen LogP contribution in [0.5, 0.6) is 0 Å². The smallest absolute Gasteiger partial charge is 0.0601 e. The van der Waals surface area contributed by atoms with Gasteiger partial charge in [0.15, 0.2) is 0 Å². The molecular formula is C11H25N3O. The lowest BCUT2D eigenvalue weighted by atomic mass is 10.0. The minimum atomic E-state index is 0.100. The van der Waals surface area contributed by atoms with Crippen molar-refractivity contribution < 1.29 is 5.11 Å². The molecule has 2 unspecified atom stereocenters. The van der Waals surface area contributed by atoms with E-state index in [0.717, 1.165) is 39.1 Å². The van der Waals surface area contributed by atoms with Crippen molar-refractivity contribution in [3.05, 3.63) is 0 Å². The molecule has 4 heteroatoms. The second-order valence-corrected chi connectivity index (χ2v) is 4.29. The summed E-state index contributed by atoms with van der Waals surface area (Å²) in [4.78, 5) is 4.77. The van der Waals surface area contributed by atoms with Crippen LogP contribution in [0.1, 0.15) is 20.3 Å². The first-order chi connectivity index (χ1) is 7.22. The SMILES string of the molecule is CCC(N)C(CO)N1CCN(CC)CC1. The average molecular weight is 215 g/mol. The molecule has 0 saturated carbocycles. The lowest BCUT2D eigenvalue weighted by Crippen LogP contribution is -2.56. The number of nitrogens with two attached hydrogens (primary N) is 1. The van der Waals surface area contributed by atoms with Crippen LogP contribution in [-0.4, -0.2) is 66.3 Å². The fourth-order valence-corrected chi connectivity index (χ4v) is 2.20. The predicted molar refractivity (Wildman–Crippen MR) is 62.8 cm³/mol. The number of nitrogens with zero attached hydrogens (tertiary/aromatic N) is 2. The maximum atomic E-state index is 9.37. The summed E-state index contributed by atoms with van der Waals surface area (Å²) < 4.78 is 0. The lowest BCUT2D eigenvalue weighted by molar-refractivity contribution is 0.0546. The Balaban J connectivity index is 2.42. The van der Waals surface area contributed by atoms with E-state index in [9.17, 15) is 5.11 Å². The summed E-state index contributed by atoms with van der Waals surface area (Å²) in [6, 6.07) is 0.247. The minimum Gasteiger partial charge on any atom is -0.395 e. The Kier molecular flexibility index (Phi) is 5.53. The monoisotopic (exact) mass is 215 g/mol. The highest BCUT2D eigenvalue weighted by Gasteiger charge is 2.26. The molecule has 15 heavy (non-hydrogen) atoms. The Hall–Kier alpha value is -0.160. The van der Waals surface area contributed by atoms with Crippen LogP contribution in [0.25, 0.3) is 0 Å². The molecular weight excluding hydrogens is 190 g/mol. The molecule has 0 radical (unpaired) electrons. The summed E-state index contributed by atoms with van der Waals surface area (Å²) >= 11 is 0. The van der Waals surface area contributed by atoms with E-state index >= 15 is 0 Å². The molecule has 0 spiro atoms. The minimum absolute atomic E-state index is 0.100.